The molecular formula is C14H29N3O. The lowest BCUT2D eigenvalue weighted by atomic mass is 9.99. The van der Waals surface area contributed by atoms with Crippen molar-refractivity contribution in [2.24, 2.45) is 0 Å². The second kappa shape index (κ2) is 6.53. The molecule has 0 aromatic carbocycles. The molecule has 1 aliphatic rings. The number of hydrogen-bond donors (Lipinski definition) is 1. The summed E-state index contributed by atoms with van der Waals surface area (Å²) in [5.41, 5.74) is -0.349. The van der Waals surface area contributed by atoms with Gasteiger partial charge in [-0.2, -0.15) is 0 Å². The molecule has 2 unspecified atom stereocenters. The van der Waals surface area contributed by atoms with Crippen LogP contribution in [0, 0.1) is 0 Å². The Balaban J connectivity index is 2.63. The van der Waals surface area contributed by atoms with Gasteiger partial charge in [0.2, 0.25) is 5.91 Å². The van der Waals surface area contributed by atoms with Gasteiger partial charge >= 0.3 is 0 Å². The summed E-state index contributed by atoms with van der Waals surface area (Å²) in [4.78, 5) is 16.7. The number of nitrogens with one attached hydrogen (secondary N) is 1. The molecule has 1 N–H and O–H groups in total. The van der Waals surface area contributed by atoms with E-state index in [0.29, 0.717) is 0 Å². The van der Waals surface area contributed by atoms with Crippen molar-refractivity contribution in [3.63, 3.8) is 0 Å². The van der Waals surface area contributed by atoms with Gasteiger partial charge in [0.1, 0.15) is 0 Å². The fourth-order valence-electron chi connectivity index (χ4n) is 2.54. The first kappa shape index (κ1) is 15.4. The van der Waals surface area contributed by atoms with E-state index in [-0.39, 0.29) is 17.6 Å². The van der Waals surface area contributed by atoms with Crippen LogP contribution in [0.4, 0.5) is 0 Å². The maximum Gasteiger partial charge on any atom is 0.243 e. The van der Waals surface area contributed by atoms with E-state index < -0.39 is 0 Å². The average Bonchev–Trinajstić information content (AvgIpc) is 2.54. The number of carbonyl (C=O) groups excluding carboxylic acids is 1. The largest absolute Gasteiger partial charge is 0.326 e. The third kappa shape index (κ3) is 3.45. The summed E-state index contributed by atoms with van der Waals surface area (Å²) in [6.07, 6.45) is 4.28. The first-order valence-corrected chi connectivity index (χ1v) is 7.18. The van der Waals surface area contributed by atoms with Crippen molar-refractivity contribution < 1.29 is 4.79 Å². The molecule has 4 nitrogen and oxygen atoms in total. The van der Waals surface area contributed by atoms with Crippen LogP contribution in [-0.4, -0.2) is 54.6 Å². The highest BCUT2D eigenvalue weighted by Gasteiger charge is 2.45. The highest BCUT2D eigenvalue weighted by Crippen LogP contribution is 2.25. The fraction of sp³-hybridized carbons (Fsp3) is 0.929. The minimum Gasteiger partial charge on any atom is -0.326 e. The van der Waals surface area contributed by atoms with E-state index in [1.165, 1.54) is 0 Å². The molecule has 1 amide bonds. The lowest BCUT2D eigenvalue weighted by Crippen LogP contribution is -2.43. The van der Waals surface area contributed by atoms with E-state index >= 15 is 0 Å². The van der Waals surface area contributed by atoms with Crippen LogP contribution in [0.25, 0.3) is 0 Å². The van der Waals surface area contributed by atoms with Crippen LogP contribution < -0.4 is 5.32 Å². The van der Waals surface area contributed by atoms with Gasteiger partial charge in [0.25, 0.3) is 0 Å². The molecule has 1 fully saturated rings. The second-order valence-corrected chi connectivity index (χ2v) is 5.79. The summed E-state index contributed by atoms with van der Waals surface area (Å²) in [5, 5.41) is 3.52. The number of nitrogens with zero attached hydrogens (tertiary/aromatic N) is 2. The van der Waals surface area contributed by atoms with E-state index in [9.17, 15) is 4.79 Å². The molecule has 0 radical (unpaired) electrons. The van der Waals surface area contributed by atoms with E-state index in [1.807, 2.05) is 6.92 Å². The molecule has 0 aromatic heterocycles. The van der Waals surface area contributed by atoms with Gasteiger partial charge in [-0.1, -0.05) is 20.3 Å². The predicted molar refractivity (Wildman–Crippen MR) is 75.4 cm³/mol. The maximum absolute atomic E-state index is 12.5. The molecule has 18 heavy (non-hydrogen) atoms. The molecular weight excluding hydrogens is 226 g/mol. The van der Waals surface area contributed by atoms with Crippen LogP contribution >= 0.6 is 0 Å². The molecule has 1 aliphatic heterocycles. The maximum atomic E-state index is 12.5. The summed E-state index contributed by atoms with van der Waals surface area (Å²) in [7, 11) is 4.15. The van der Waals surface area contributed by atoms with Gasteiger partial charge in [-0.15, -0.1) is 0 Å². The van der Waals surface area contributed by atoms with E-state index in [4.69, 9.17) is 0 Å². The number of carbonyl (C=O) groups is 1. The van der Waals surface area contributed by atoms with Crippen molar-refractivity contribution in [1.82, 2.24) is 15.1 Å². The molecule has 2 atom stereocenters. The van der Waals surface area contributed by atoms with Gasteiger partial charge in [0.05, 0.1) is 11.7 Å². The standard InChI is InChI=1S/C14H29N3O/c1-6-9-12-15-14(3,7-2)13(18)17(12)11-8-10-16(4)5/h12,15H,6-11H2,1-5H3. The Morgan fingerprint density at radius 3 is 2.56 bits per heavy atom. The molecule has 0 spiro atoms. The summed E-state index contributed by atoms with van der Waals surface area (Å²) >= 11 is 0. The summed E-state index contributed by atoms with van der Waals surface area (Å²) in [5.74, 6) is 0.280. The molecule has 0 saturated carbocycles. The van der Waals surface area contributed by atoms with Crippen LogP contribution in [0.5, 0.6) is 0 Å². The lowest BCUT2D eigenvalue weighted by Gasteiger charge is -2.24. The summed E-state index contributed by atoms with van der Waals surface area (Å²) in [6.45, 7) is 8.18. The first-order valence-electron chi connectivity index (χ1n) is 7.18. The molecule has 4 heteroatoms. The highest BCUT2D eigenvalue weighted by atomic mass is 16.2. The van der Waals surface area contributed by atoms with E-state index in [2.05, 4.69) is 43.1 Å². The van der Waals surface area contributed by atoms with Gasteiger partial charge in [-0.25, -0.2) is 0 Å². The van der Waals surface area contributed by atoms with Gasteiger partial charge in [0.15, 0.2) is 0 Å². The minimum atomic E-state index is -0.349. The third-order valence-electron chi connectivity index (χ3n) is 3.87. The summed E-state index contributed by atoms with van der Waals surface area (Å²) < 4.78 is 0. The lowest BCUT2D eigenvalue weighted by molar-refractivity contribution is -0.133. The summed E-state index contributed by atoms with van der Waals surface area (Å²) in [6, 6.07) is 0. The van der Waals surface area contributed by atoms with Gasteiger partial charge in [-0.05, 0) is 46.8 Å². The number of rotatable bonds is 7. The van der Waals surface area contributed by atoms with Crippen LogP contribution in [-0.2, 0) is 4.79 Å². The molecule has 1 heterocycles. The second-order valence-electron chi connectivity index (χ2n) is 5.79. The minimum absolute atomic E-state index is 0.231. The zero-order valence-corrected chi connectivity index (χ0v) is 12.6. The van der Waals surface area contributed by atoms with Gasteiger partial charge < -0.3 is 9.80 Å². The molecule has 1 rings (SSSR count). The van der Waals surface area contributed by atoms with Crippen molar-refractivity contribution in [1.29, 1.82) is 0 Å². The quantitative estimate of drug-likeness (QED) is 0.751. The molecule has 106 valence electrons. The van der Waals surface area contributed by atoms with Crippen molar-refractivity contribution in [3.05, 3.63) is 0 Å². The normalized spacial score (nSPS) is 28.4. The van der Waals surface area contributed by atoms with E-state index in [0.717, 1.165) is 38.8 Å². The zero-order valence-electron chi connectivity index (χ0n) is 12.6. The third-order valence-corrected chi connectivity index (χ3v) is 3.87. The zero-order chi connectivity index (χ0) is 13.8. The van der Waals surface area contributed by atoms with Crippen molar-refractivity contribution >= 4 is 5.91 Å². The SMILES string of the molecule is CCCC1NC(C)(CC)C(=O)N1CCCN(C)C. The number of hydrogen-bond acceptors (Lipinski definition) is 3. The Bertz CT molecular complexity index is 280. The Kier molecular flexibility index (Phi) is 5.60. The van der Waals surface area contributed by atoms with Crippen LogP contribution in [0.3, 0.4) is 0 Å². The van der Waals surface area contributed by atoms with Crippen LogP contribution in [0.1, 0.15) is 46.5 Å². The Morgan fingerprint density at radius 2 is 2.06 bits per heavy atom. The fourth-order valence-corrected chi connectivity index (χ4v) is 2.54. The van der Waals surface area contributed by atoms with Crippen molar-refractivity contribution in [2.75, 3.05) is 27.2 Å². The van der Waals surface area contributed by atoms with Gasteiger partial charge in [0, 0.05) is 6.54 Å². The van der Waals surface area contributed by atoms with Crippen LogP contribution in [0.15, 0.2) is 0 Å². The van der Waals surface area contributed by atoms with Crippen molar-refractivity contribution in [2.45, 2.75) is 58.2 Å². The predicted octanol–water partition coefficient (Wildman–Crippen LogP) is 1.66. The first-order chi connectivity index (χ1) is 8.44. The Labute approximate surface area is 112 Å². The molecule has 1 saturated heterocycles. The monoisotopic (exact) mass is 255 g/mol. The topological polar surface area (TPSA) is 35.6 Å². The average molecular weight is 255 g/mol. The number of amides is 1. The Morgan fingerprint density at radius 1 is 1.39 bits per heavy atom. The van der Waals surface area contributed by atoms with Crippen molar-refractivity contribution in [3.8, 4) is 0 Å². The smallest absolute Gasteiger partial charge is 0.243 e. The van der Waals surface area contributed by atoms with Gasteiger partial charge in [-0.3, -0.25) is 10.1 Å². The van der Waals surface area contributed by atoms with E-state index in [1.54, 1.807) is 0 Å². The Hall–Kier alpha value is -0.610. The molecule has 0 aromatic rings. The molecule has 0 bridgehead atoms. The molecule has 0 aliphatic carbocycles. The highest BCUT2D eigenvalue weighted by molar-refractivity contribution is 5.88. The van der Waals surface area contributed by atoms with Crippen LogP contribution in [0.2, 0.25) is 0 Å².